The molecule has 168 valence electrons. The highest BCUT2D eigenvalue weighted by molar-refractivity contribution is 6.04. The number of unbranched alkanes of at least 4 members (excludes halogenated alkanes) is 1. The molecule has 1 aliphatic heterocycles. The van der Waals surface area contributed by atoms with Crippen molar-refractivity contribution in [3.05, 3.63) is 46.3 Å². The predicted molar refractivity (Wildman–Crippen MR) is 119 cm³/mol. The molecule has 1 aromatic rings. The van der Waals surface area contributed by atoms with Gasteiger partial charge < -0.3 is 19.5 Å². The van der Waals surface area contributed by atoms with Gasteiger partial charge in [-0.15, -0.1) is 0 Å². The number of rotatable bonds is 7. The van der Waals surface area contributed by atoms with E-state index in [0.717, 1.165) is 30.5 Å². The number of dihydropyridines is 1. The van der Waals surface area contributed by atoms with E-state index in [1.54, 1.807) is 20.3 Å². The van der Waals surface area contributed by atoms with Crippen molar-refractivity contribution in [2.24, 2.45) is 5.41 Å². The van der Waals surface area contributed by atoms with E-state index >= 15 is 0 Å². The number of nitrogens with one attached hydrogen (secondary N) is 1. The Morgan fingerprint density at radius 1 is 1.19 bits per heavy atom. The van der Waals surface area contributed by atoms with Crippen LogP contribution >= 0.6 is 0 Å². The summed E-state index contributed by atoms with van der Waals surface area (Å²) in [6.07, 6.45) is 2.89. The van der Waals surface area contributed by atoms with Gasteiger partial charge in [0.2, 0.25) is 0 Å². The highest BCUT2D eigenvalue weighted by Gasteiger charge is 2.44. The number of ketones is 1. The number of hydrogen-bond acceptors (Lipinski definition) is 6. The summed E-state index contributed by atoms with van der Waals surface area (Å²) >= 11 is 0. The highest BCUT2D eigenvalue weighted by atomic mass is 16.5. The first-order valence-electron chi connectivity index (χ1n) is 10.9. The first-order chi connectivity index (χ1) is 14.7. The number of carbonyl (C=O) groups excluding carboxylic acids is 2. The molecule has 0 spiro atoms. The number of Topliss-reactive ketones (excluding diaryl/α,β-unsaturated/α-hetero) is 1. The normalized spacial score (nSPS) is 20.2. The molecular formula is C25H33NO5. The van der Waals surface area contributed by atoms with Crippen molar-refractivity contribution in [1.29, 1.82) is 0 Å². The van der Waals surface area contributed by atoms with Crippen LogP contribution in [0, 0.1) is 5.41 Å². The van der Waals surface area contributed by atoms with Crippen LogP contribution in [-0.4, -0.2) is 32.6 Å². The molecule has 1 aromatic carbocycles. The van der Waals surface area contributed by atoms with Gasteiger partial charge >= 0.3 is 5.97 Å². The molecule has 0 saturated carbocycles. The number of allylic oxidation sites excluding steroid dienone is 3. The fraction of sp³-hybridized carbons (Fsp3) is 0.520. The molecular weight excluding hydrogens is 394 g/mol. The molecule has 0 aromatic heterocycles. The Morgan fingerprint density at radius 2 is 1.94 bits per heavy atom. The number of esters is 1. The second-order valence-corrected chi connectivity index (χ2v) is 9.03. The van der Waals surface area contributed by atoms with E-state index in [9.17, 15) is 9.59 Å². The van der Waals surface area contributed by atoms with Crippen molar-refractivity contribution in [3.8, 4) is 11.5 Å². The average Bonchev–Trinajstić information content (AvgIpc) is 2.71. The molecule has 31 heavy (non-hydrogen) atoms. The van der Waals surface area contributed by atoms with E-state index in [4.69, 9.17) is 14.2 Å². The quantitative estimate of drug-likeness (QED) is 0.504. The summed E-state index contributed by atoms with van der Waals surface area (Å²) in [7, 11) is 3.17. The summed E-state index contributed by atoms with van der Waals surface area (Å²) in [6.45, 7) is 8.45. The minimum atomic E-state index is -0.546. The number of ether oxygens (including phenoxy) is 3. The SMILES string of the molecule is CCCCOC(=O)C1=C(C)NC2=C(C(=O)CC(C)(C)C2)[C@H]1c1ccc(OC)cc1OC. The summed E-state index contributed by atoms with van der Waals surface area (Å²) in [6, 6.07) is 5.48. The number of methoxy groups -OCH3 is 2. The van der Waals surface area contributed by atoms with Gasteiger partial charge in [0.15, 0.2) is 5.78 Å². The van der Waals surface area contributed by atoms with E-state index in [1.165, 1.54) is 0 Å². The third kappa shape index (κ3) is 4.63. The zero-order valence-electron chi connectivity index (χ0n) is 19.4. The van der Waals surface area contributed by atoms with Gasteiger partial charge in [-0.05, 0) is 31.2 Å². The number of benzene rings is 1. The van der Waals surface area contributed by atoms with Gasteiger partial charge in [-0.1, -0.05) is 33.3 Å². The Bertz CT molecular complexity index is 941. The third-order valence-corrected chi connectivity index (χ3v) is 5.94. The lowest BCUT2D eigenvalue weighted by Gasteiger charge is -2.39. The van der Waals surface area contributed by atoms with Crippen molar-refractivity contribution in [2.45, 2.75) is 59.3 Å². The Kier molecular flexibility index (Phi) is 6.77. The molecule has 0 unspecified atom stereocenters. The minimum absolute atomic E-state index is 0.0491. The lowest BCUT2D eigenvalue weighted by Crippen LogP contribution is -2.38. The maximum absolute atomic E-state index is 13.3. The van der Waals surface area contributed by atoms with Crippen molar-refractivity contribution in [1.82, 2.24) is 5.32 Å². The molecule has 1 N–H and O–H groups in total. The van der Waals surface area contributed by atoms with E-state index in [2.05, 4.69) is 19.2 Å². The van der Waals surface area contributed by atoms with Crippen molar-refractivity contribution in [2.75, 3.05) is 20.8 Å². The highest BCUT2D eigenvalue weighted by Crippen LogP contribution is 2.49. The summed E-state index contributed by atoms with van der Waals surface area (Å²) in [5.41, 5.74) is 3.31. The Hall–Kier alpha value is -2.76. The van der Waals surface area contributed by atoms with Crippen LogP contribution in [0.25, 0.3) is 0 Å². The Morgan fingerprint density at radius 3 is 2.58 bits per heavy atom. The zero-order chi connectivity index (χ0) is 22.8. The molecule has 0 bridgehead atoms. The van der Waals surface area contributed by atoms with E-state index in [1.807, 2.05) is 26.0 Å². The largest absolute Gasteiger partial charge is 0.497 e. The standard InChI is InChI=1S/C25H33NO5/c1-7-8-11-31-24(28)21-15(2)26-18-13-25(3,4)14-19(27)23(18)22(21)17-10-9-16(29-5)12-20(17)30-6/h9-10,12,22,26H,7-8,11,13-14H2,1-6H3/t22-/m0/s1. The lowest BCUT2D eigenvalue weighted by atomic mass is 9.68. The predicted octanol–water partition coefficient (Wildman–Crippen LogP) is 4.65. The van der Waals surface area contributed by atoms with E-state index < -0.39 is 11.9 Å². The fourth-order valence-corrected chi connectivity index (χ4v) is 4.46. The summed E-state index contributed by atoms with van der Waals surface area (Å²) in [5, 5.41) is 3.36. The molecule has 6 nitrogen and oxygen atoms in total. The molecule has 0 amide bonds. The van der Waals surface area contributed by atoms with Crippen LogP contribution in [0.2, 0.25) is 0 Å². The molecule has 0 saturated heterocycles. The van der Waals surface area contributed by atoms with Crippen LogP contribution in [0.4, 0.5) is 0 Å². The minimum Gasteiger partial charge on any atom is -0.497 e. The number of hydrogen-bond donors (Lipinski definition) is 1. The topological polar surface area (TPSA) is 73.9 Å². The molecule has 6 heteroatoms. The zero-order valence-corrected chi connectivity index (χ0v) is 19.4. The average molecular weight is 428 g/mol. The van der Waals surface area contributed by atoms with Gasteiger partial charge in [0.1, 0.15) is 11.5 Å². The van der Waals surface area contributed by atoms with E-state index in [0.29, 0.717) is 41.4 Å². The smallest absolute Gasteiger partial charge is 0.336 e. The lowest BCUT2D eigenvalue weighted by molar-refractivity contribution is -0.139. The molecule has 0 radical (unpaired) electrons. The first-order valence-corrected chi connectivity index (χ1v) is 10.9. The molecule has 0 fully saturated rings. The van der Waals surface area contributed by atoms with Gasteiger partial charge in [-0.2, -0.15) is 0 Å². The van der Waals surface area contributed by atoms with E-state index in [-0.39, 0.29) is 11.2 Å². The summed E-state index contributed by atoms with van der Waals surface area (Å²) in [4.78, 5) is 26.5. The van der Waals surface area contributed by atoms with Crippen LogP contribution < -0.4 is 14.8 Å². The Balaban J connectivity index is 2.16. The van der Waals surface area contributed by atoms with Gasteiger partial charge in [0.25, 0.3) is 0 Å². The fourth-order valence-electron chi connectivity index (χ4n) is 4.46. The maximum atomic E-state index is 13.3. The summed E-state index contributed by atoms with van der Waals surface area (Å²) in [5.74, 6) is 0.323. The van der Waals surface area contributed by atoms with Crippen molar-refractivity contribution >= 4 is 11.8 Å². The van der Waals surface area contributed by atoms with Gasteiger partial charge in [-0.3, -0.25) is 4.79 Å². The molecule has 1 aliphatic carbocycles. The van der Waals surface area contributed by atoms with Crippen LogP contribution in [0.5, 0.6) is 11.5 Å². The van der Waals surface area contributed by atoms with Crippen LogP contribution in [0.15, 0.2) is 40.7 Å². The molecule has 1 heterocycles. The second-order valence-electron chi connectivity index (χ2n) is 9.03. The van der Waals surface area contributed by atoms with Crippen LogP contribution in [0.1, 0.15) is 64.9 Å². The van der Waals surface area contributed by atoms with Crippen LogP contribution in [-0.2, 0) is 14.3 Å². The molecule has 3 rings (SSSR count). The first kappa shape index (κ1) is 22.9. The molecule has 1 atom stereocenters. The third-order valence-electron chi connectivity index (χ3n) is 5.94. The van der Waals surface area contributed by atoms with Gasteiger partial charge in [0.05, 0.1) is 32.3 Å². The van der Waals surface area contributed by atoms with Crippen molar-refractivity contribution < 1.29 is 23.8 Å². The number of carbonyl (C=O) groups is 2. The van der Waals surface area contributed by atoms with Crippen molar-refractivity contribution in [3.63, 3.8) is 0 Å². The maximum Gasteiger partial charge on any atom is 0.336 e. The Labute approximate surface area is 184 Å². The van der Waals surface area contributed by atoms with Gasteiger partial charge in [0, 0.05) is 35.0 Å². The summed E-state index contributed by atoms with van der Waals surface area (Å²) < 4.78 is 16.6. The second kappa shape index (κ2) is 9.16. The molecule has 2 aliphatic rings. The monoisotopic (exact) mass is 427 g/mol. The van der Waals surface area contributed by atoms with Gasteiger partial charge in [-0.25, -0.2) is 4.79 Å². The van der Waals surface area contributed by atoms with Crippen LogP contribution in [0.3, 0.4) is 0 Å².